The predicted molar refractivity (Wildman–Crippen MR) is 179 cm³/mol. The monoisotopic (exact) mass is 706 g/mol. The van der Waals surface area contributed by atoms with Crippen LogP contribution in [-0.4, -0.2) is 56.2 Å². The molecule has 3 aromatic carbocycles. The first-order valence-electron chi connectivity index (χ1n) is 14.1. The Morgan fingerprint density at radius 1 is 0.886 bits per heavy atom. The molecule has 4 rings (SSSR count). The Labute approximate surface area is 276 Å². The molecule has 0 bridgehead atoms. The van der Waals surface area contributed by atoms with E-state index >= 15 is 0 Å². The molecule has 0 aromatic heterocycles. The average molecular weight is 708 g/mol. The Kier molecular flexibility index (Phi) is 11.9. The van der Waals surface area contributed by atoms with Gasteiger partial charge in [-0.15, -0.1) is 11.8 Å². The van der Waals surface area contributed by atoms with Crippen LogP contribution in [0.1, 0.15) is 55.2 Å². The summed E-state index contributed by atoms with van der Waals surface area (Å²) in [5, 5.41) is 14.2. The third-order valence-corrected chi connectivity index (χ3v) is 10.3. The molecule has 0 saturated carbocycles. The molecule has 12 heteroatoms. The molecule has 3 unspecified atom stereocenters. The molecule has 3 aromatic rings. The topological polar surface area (TPSA) is 98.7 Å². The molecule has 238 valence electrons. The van der Waals surface area contributed by atoms with Crippen LogP contribution in [-0.2, 0) is 0 Å². The van der Waals surface area contributed by atoms with Crippen LogP contribution in [0.3, 0.4) is 0 Å². The number of nitrogens with zero attached hydrogens (tertiary/aromatic N) is 1. The standard InChI is InChI=1S/C32H39BrN2O7S2/c1-18(2)35(37)32(36)34-24-14-20(15-25(38-4)30(24)42-19(3)43-23-10-8-22(33)9-11-23)28-12-13-29(44-28)21-16-26(39-5)31(41-7)27(17-21)40-6/h8-11,14-19,28-29,37H,12-13H2,1-7H3,(H,34,36). The number of carbonyl (C=O) groups is 1. The third-order valence-electron chi connectivity index (χ3n) is 7.09. The molecule has 0 spiro atoms. The number of anilines is 1. The summed E-state index contributed by atoms with van der Waals surface area (Å²) in [5.41, 5.74) is 2.17. The van der Waals surface area contributed by atoms with Gasteiger partial charge in [-0.05, 0) is 93.3 Å². The maximum absolute atomic E-state index is 13.0. The zero-order valence-corrected chi connectivity index (χ0v) is 29.1. The minimum atomic E-state index is -0.661. The Hall–Kier alpha value is -2.93. The lowest BCUT2D eigenvalue weighted by molar-refractivity contribution is -0.0622. The number of ether oxygens (including phenoxy) is 5. The van der Waals surface area contributed by atoms with Crippen LogP contribution < -0.4 is 29.0 Å². The molecule has 1 saturated heterocycles. The van der Waals surface area contributed by atoms with Crippen LogP contribution in [0.4, 0.5) is 10.5 Å². The van der Waals surface area contributed by atoms with E-state index in [0.717, 1.165) is 33.3 Å². The van der Waals surface area contributed by atoms with E-state index in [1.54, 1.807) is 42.3 Å². The number of thioether (sulfide) groups is 2. The van der Waals surface area contributed by atoms with Crippen molar-refractivity contribution in [3.63, 3.8) is 0 Å². The van der Waals surface area contributed by atoms with Crippen LogP contribution in [0.2, 0.25) is 0 Å². The highest BCUT2D eigenvalue weighted by atomic mass is 79.9. The van der Waals surface area contributed by atoms with Crippen molar-refractivity contribution in [1.29, 1.82) is 0 Å². The highest BCUT2D eigenvalue weighted by Crippen LogP contribution is 2.56. The van der Waals surface area contributed by atoms with Gasteiger partial charge in [0.2, 0.25) is 5.75 Å². The lowest BCUT2D eigenvalue weighted by atomic mass is 10.0. The lowest BCUT2D eigenvalue weighted by Crippen LogP contribution is -2.37. The molecular formula is C32H39BrN2O7S2. The molecule has 3 atom stereocenters. The first-order chi connectivity index (χ1) is 21.1. The van der Waals surface area contributed by atoms with Crippen molar-refractivity contribution in [3.05, 3.63) is 64.1 Å². The Balaban J connectivity index is 1.64. The van der Waals surface area contributed by atoms with Crippen LogP contribution in [0, 0.1) is 0 Å². The fourth-order valence-corrected chi connectivity index (χ4v) is 7.50. The molecule has 1 fully saturated rings. The maximum Gasteiger partial charge on any atom is 0.345 e. The average Bonchev–Trinajstić information content (AvgIpc) is 3.52. The summed E-state index contributed by atoms with van der Waals surface area (Å²) < 4.78 is 29.9. The van der Waals surface area contributed by atoms with Crippen molar-refractivity contribution in [2.75, 3.05) is 33.8 Å². The fourth-order valence-electron chi connectivity index (χ4n) is 4.89. The molecule has 1 aliphatic rings. The molecule has 0 aliphatic carbocycles. The van der Waals surface area contributed by atoms with Gasteiger partial charge in [0.15, 0.2) is 23.0 Å². The summed E-state index contributed by atoms with van der Waals surface area (Å²) in [6.07, 6.45) is 1.82. The van der Waals surface area contributed by atoms with E-state index in [0.29, 0.717) is 39.5 Å². The number of amides is 2. The van der Waals surface area contributed by atoms with E-state index in [-0.39, 0.29) is 15.9 Å². The van der Waals surface area contributed by atoms with Gasteiger partial charge in [-0.3, -0.25) is 5.21 Å². The minimum absolute atomic E-state index is 0.114. The van der Waals surface area contributed by atoms with E-state index < -0.39 is 12.1 Å². The smallest absolute Gasteiger partial charge is 0.345 e. The first kappa shape index (κ1) is 34.0. The summed E-state index contributed by atoms with van der Waals surface area (Å²) in [5.74, 6) is 2.68. The predicted octanol–water partition coefficient (Wildman–Crippen LogP) is 8.94. The largest absolute Gasteiger partial charge is 0.493 e. The van der Waals surface area contributed by atoms with Gasteiger partial charge in [0.1, 0.15) is 5.44 Å². The number of methoxy groups -OCH3 is 4. The molecular weight excluding hydrogens is 668 g/mol. The maximum atomic E-state index is 13.0. The SMILES string of the molecule is COc1cc(C2CCC(c3cc(OC)c(OC)c(OC)c3)S2)cc(NC(=O)N(O)C(C)C)c1OC(C)Sc1ccc(Br)cc1. The van der Waals surface area contributed by atoms with Crippen LogP contribution in [0.25, 0.3) is 0 Å². The number of halogens is 1. The van der Waals surface area contributed by atoms with E-state index in [1.165, 1.54) is 11.8 Å². The second kappa shape index (κ2) is 15.4. The summed E-state index contributed by atoms with van der Waals surface area (Å²) in [4.78, 5) is 14.0. The van der Waals surface area contributed by atoms with Crippen molar-refractivity contribution in [1.82, 2.24) is 5.06 Å². The van der Waals surface area contributed by atoms with Crippen LogP contribution >= 0.6 is 39.5 Å². The van der Waals surface area contributed by atoms with Crippen molar-refractivity contribution in [3.8, 4) is 28.7 Å². The lowest BCUT2D eigenvalue weighted by Gasteiger charge is -2.24. The normalized spacial score (nSPS) is 16.8. The number of hydrogen-bond donors (Lipinski definition) is 2. The van der Waals surface area contributed by atoms with E-state index in [9.17, 15) is 10.0 Å². The molecule has 9 nitrogen and oxygen atoms in total. The van der Waals surface area contributed by atoms with Gasteiger partial charge in [0.05, 0.1) is 40.2 Å². The van der Waals surface area contributed by atoms with E-state index in [4.69, 9.17) is 23.7 Å². The number of hydroxylamine groups is 2. The van der Waals surface area contributed by atoms with Gasteiger partial charge in [-0.1, -0.05) is 27.7 Å². The molecule has 2 amide bonds. The van der Waals surface area contributed by atoms with Crippen LogP contribution in [0.15, 0.2) is 57.9 Å². The Bertz CT molecular complexity index is 1420. The highest BCUT2D eigenvalue weighted by Gasteiger charge is 2.31. The van der Waals surface area contributed by atoms with Crippen molar-refractivity contribution in [2.45, 2.75) is 60.5 Å². The quantitative estimate of drug-likeness (QED) is 0.0828. The van der Waals surface area contributed by atoms with Gasteiger partial charge in [0, 0.05) is 19.9 Å². The molecule has 2 N–H and O–H groups in total. The van der Waals surface area contributed by atoms with Gasteiger partial charge < -0.3 is 29.0 Å². The Morgan fingerprint density at radius 3 is 1.91 bits per heavy atom. The molecule has 1 aliphatic heterocycles. The number of benzene rings is 3. The number of hydrogen-bond acceptors (Lipinski definition) is 9. The summed E-state index contributed by atoms with van der Waals surface area (Å²) in [7, 11) is 6.40. The minimum Gasteiger partial charge on any atom is -0.493 e. The zero-order valence-electron chi connectivity index (χ0n) is 25.9. The molecule has 1 heterocycles. The fraction of sp³-hybridized carbons (Fsp3) is 0.406. The molecule has 44 heavy (non-hydrogen) atoms. The number of rotatable bonds is 12. The summed E-state index contributed by atoms with van der Waals surface area (Å²) in [6, 6.07) is 14.8. The van der Waals surface area contributed by atoms with Gasteiger partial charge >= 0.3 is 6.03 Å². The number of carbonyl (C=O) groups excluding carboxylic acids is 1. The second-order valence-electron chi connectivity index (χ2n) is 10.4. The van der Waals surface area contributed by atoms with Crippen molar-refractivity contribution >= 4 is 51.2 Å². The van der Waals surface area contributed by atoms with Gasteiger partial charge in [-0.2, -0.15) is 0 Å². The Morgan fingerprint density at radius 2 is 1.41 bits per heavy atom. The van der Waals surface area contributed by atoms with E-state index in [1.807, 2.05) is 67.2 Å². The summed E-state index contributed by atoms with van der Waals surface area (Å²) in [6.45, 7) is 5.39. The summed E-state index contributed by atoms with van der Waals surface area (Å²) >= 11 is 6.83. The van der Waals surface area contributed by atoms with Gasteiger partial charge in [-0.25, -0.2) is 9.86 Å². The van der Waals surface area contributed by atoms with Crippen molar-refractivity contribution < 1.29 is 33.7 Å². The first-order valence-corrected chi connectivity index (χ1v) is 16.7. The van der Waals surface area contributed by atoms with E-state index in [2.05, 4.69) is 21.2 Å². The second-order valence-corrected chi connectivity index (χ2v) is 14.1. The number of urea groups is 1. The van der Waals surface area contributed by atoms with Gasteiger partial charge in [0.25, 0.3) is 0 Å². The van der Waals surface area contributed by atoms with Crippen molar-refractivity contribution in [2.24, 2.45) is 0 Å². The zero-order chi connectivity index (χ0) is 32.0. The van der Waals surface area contributed by atoms with Crippen LogP contribution in [0.5, 0.6) is 28.7 Å². The highest BCUT2D eigenvalue weighted by molar-refractivity contribution is 9.10. The number of nitrogens with one attached hydrogen (secondary N) is 1. The molecule has 0 radical (unpaired) electrons. The third kappa shape index (κ3) is 8.01.